The number of rotatable bonds is 1. The first-order valence-electron chi connectivity index (χ1n) is 8.54. The van der Waals surface area contributed by atoms with E-state index < -0.39 is 5.60 Å². The first kappa shape index (κ1) is 17.7. The highest BCUT2D eigenvalue weighted by atomic mass is 35.5. The maximum absolute atomic E-state index is 12.9. The van der Waals surface area contributed by atoms with E-state index in [1.807, 2.05) is 49.9 Å². The van der Waals surface area contributed by atoms with Gasteiger partial charge in [-0.25, -0.2) is 9.78 Å². The standard InChI is InChI=1S/C20H23ClN2O2/c1-20(2,3)25-19(24)23-12-6-8-14-7-4-5-9-16(14)18(23)15-10-11-22-17(21)13-15/h4-5,7,9-11,13,18H,6,8,12H2,1-3H3/t18-/m0/s1. The van der Waals surface area contributed by atoms with Crippen molar-refractivity contribution in [1.82, 2.24) is 9.88 Å². The van der Waals surface area contributed by atoms with E-state index >= 15 is 0 Å². The maximum Gasteiger partial charge on any atom is 0.411 e. The monoisotopic (exact) mass is 358 g/mol. The molecule has 0 N–H and O–H groups in total. The van der Waals surface area contributed by atoms with Gasteiger partial charge in [-0.15, -0.1) is 0 Å². The molecule has 1 atom stereocenters. The smallest absolute Gasteiger partial charge is 0.411 e. The fraction of sp³-hybridized carbons (Fsp3) is 0.400. The number of ether oxygens (including phenoxy) is 1. The molecular weight excluding hydrogens is 336 g/mol. The highest BCUT2D eigenvalue weighted by molar-refractivity contribution is 6.29. The number of aromatic nitrogens is 1. The first-order valence-corrected chi connectivity index (χ1v) is 8.92. The van der Waals surface area contributed by atoms with Gasteiger partial charge in [0.1, 0.15) is 10.8 Å². The van der Waals surface area contributed by atoms with Crippen molar-refractivity contribution in [1.29, 1.82) is 0 Å². The second kappa shape index (κ2) is 7.04. The van der Waals surface area contributed by atoms with Crippen molar-refractivity contribution in [2.24, 2.45) is 0 Å². The molecule has 1 aromatic heterocycles. The molecule has 132 valence electrons. The molecule has 1 aliphatic rings. The van der Waals surface area contributed by atoms with Gasteiger partial charge in [0.05, 0.1) is 6.04 Å². The quantitative estimate of drug-likeness (QED) is 0.673. The molecule has 0 aliphatic carbocycles. The summed E-state index contributed by atoms with van der Waals surface area (Å²) in [7, 11) is 0. The van der Waals surface area contributed by atoms with E-state index in [0.29, 0.717) is 11.7 Å². The van der Waals surface area contributed by atoms with Crippen LogP contribution in [0.4, 0.5) is 4.79 Å². The lowest BCUT2D eigenvalue weighted by Crippen LogP contribution is -2.39. The van der Waals surface area contributed by atoms with Crippen LogP contribution in [0.15, 0.2) is 42.6 Å². The molecule has 0 unspecified atom stereocenters. The summed E-state index contributed by atoms with van der Waals surface area (Å²) in [6, 6.07) is 11.8. The fourth-order valence-electron chi connectivity index (χ4n) is 3.23. The van der Waals surface area contributed by atoms with E-state index in [9.17, 15) is 4.79 Å². The Balaban J connectivity index is 2.08. The zero-order valence-electron chi connectivity index (χ0n) is 14.8. The first-order chi connectivity index (χ1) is 11.8. The third-order valence-electron chi connectivity index (χ3n) is 4.20. The summed E-state index contributed by atoms with van der Waals surface area (Å²) in [5.74, 6) is 0. The Morgan fingerprint density at radius 2 is 2.04 bits per heavy atom. The van der Waals surface area contributed by atoms with Crippen LogP contribution in [0.25, 0.3) is 0 Å². The van der Waals surface area contributed by atoms with Crippen LogP contribution in [0, 0.1) is 0 Å². The number of amides is 1. The lowest BCUT2D eigenvalue weighted by Gasteiger charge is -2.33. The predicted octanol–water partition coefficient (Wildman–Crippen LogP) is 5.01. The van der Waals surface area contributed by atoms with Crippen LogP contribution in [-0.4, -0.2) is 28.1 Å². The SMILES string of the molecule is CC(C)(C)OC(=O)N1CCCc2ccccc2[C@@H]1c1ccnc(Cl)c1. The van der Waals surface area contributed by atoms with E-state index in [1.165, 1.54) is 5.56 Å². The topological polar surface area (TPSA) is 42.4 Å². The summed E-state index contributed by atoms with van der Waals surface area (Å²) in [5.41, 5.74) is 2.78. The molecule has 2 heterocycles. The van der Waals surface area contributed by atoms with E-state index in [1.54, 1.807) is 6.20 Å². The van der Waals surface area contributed by atoms with Crippen molar-refractivity contribution in [3.63, 3.8) is 0 Å². The summed E-state index contributed by atoms with van der Waals surface area (Å²) in [4.78, 5) is 18.8. The Hall–Kier alpha value is -2.07. The van der Waals surface area contributed by atoms with Gasteiger partial charge in [-0.05, 0) is 62.4 Å². The van der Waals surface area contributed by atoms with Gasteiger partial charge in [-0.3, -0.25) is 4.90 Å². The molecule has 2 aromatic rings. The molecular formula is C20H23ClN2O2. The number of hydrogen-bond acceptors (Lipinski definition) is 3. The molecule has 4 nitrogen and oxygen atoms in total. The molecule has 3 rings (SSSR count). The van der Waals surface area contributed by atoms with Gasteiger partial charge in [0.25, 0.3) is 0 Å². The molecule has 0 fully saturated rings. The van der Waals surface area contributed by atoms with Crippen molar-refractivity contribution in [3.05, 3.63) is 64.4 Å². The van der Waals surface area contributed by atoms with Gasteiger partial charge < -0.3 is 4.74 Å². The van der Waals surface area contributed by atoms with Crippen LogP contribution < -0.4 is 0 Å². The van der Waals surface area contributed by atoms with Crippen molar-refractivity contribution in [3.8, 4) is 0 Å². The van der Waals surface area contributed by atoms with Gasteiger partial charge >= 0.3 is 6.09 Å². The summed E-state index contributed by atoms with van der Waals surface area (Å²) in [5, 5.41) is 0.420. The normalized spacial score (nSPS) is 17.6. The Morgan fingerprint density at radius 3 is 2.76 bits per heavy atom. The molecule has 1 amide bonds. The Kier molecular flexibility index (Phi) is 5.00. The van der Waals surface area contributed by atoms with Gasteiger partial charge in [0.15, 0.2) is 0 Å². The zero-order chi connectivity index (χ0) is 18.0. The highest BCUT2D eigenvalue weighted by Crippen LogP contribution is 2.35. The number of hydrogen-bond donors (Lipinski definition) is 0. The third-order valence-corrected chi connectivity index (χ3v) is 4.41. The van der Waals surface area contributed by atoms with Crippen molar-refractivity contribution in [2.45, 2.75) is 45.3 Å². The number of carbonyl (C=O) groups excluding carboxylic acids is 1. The molecule has 0 saturated heterocycles. The van der Waals surface area contributed by atoms with Crippen LogP contribution in [-0.2, 0) is 11.2 Å². The Morgan fingerprint density at radius 1 is 1.28 bits per heavy atom. The largest absolute Gasteiger partial charge is 0.444 e. The highest BCUT2D eigenvalue weighted by Gasteiger charge is 2.33. The lowest BCUT2D eigenvalue weighted by atomic mass is 9.94. The summed E-state index contributed by atoms with van der Waals surface area (Å²) < 4.78 is 5.67. The Labute approximate surface area is 153 Å². The van der Waals surface area contributed by atoms with Gasteiger partial charge in [-0.2, -0.15) is 0 Å². The van der Waals surface area contributed by atoms with Gasteiger partial charge in [-0.1, -0.05) is 35.9 Å². The number of halogens is 1. The molecule has 0 radical (unpaired) electrons. The van der Waals surface area contributed by atoms with E-state index in [4.69, 9.17) is 16.3 Å². The minimum Gasteiger partial charge on any atom is -0.444 e. The second-order valence-electron chi connectivity index (χ2n) is 7.29. The lowest BCUT2D eigenvalue weighted by molar-refractivity contribution is 0.0195. The number of nitrogens with zero attached hydrogens (tertiary/aromatic N) is 2. The maximum atomic E-state index is 12.9. The number of carbonyl (C=O) groups is 1. The predicted molar refractivity (Wildman–Crippen MR) is 98.8 cm³/mol. The average Bonchev–Trinajstić information content (AvgIpc) is 2.72. The number of benzene rings is 1. The summed E-state index contributed by atoms with van der Waals surface area (Å²) >= 11 is 6.12. The molecule has 1 aliphatic heterocycles. The molecule has 0 saturated carbocycles. The van der Waals surface area contributed by atoms with Crippen molar-refractivity contribution in [2.75, 3.05) is 6.54 Å². The molecule has 1 aromatic carbocycles. The van der Waals surface area contributed by atoms with E-state index in [2.05, 4.69) is 17.1 Å². The molecule has 0 bridgehead atoms. The number of pyridine rings is 1. The fourth-order valence-corrected chi connectivity index (χ4v) is 3.41. The van der Waals surface area contributed by atoms with Crippen LogP contribution in [0.1, 0.15) is 49.9 Å². The molecule has 5 heteroatoms. The van der Waals surface area contributed by atoms with Crippen molar-refractivity contribution >= 4 is 17.7 Å². The summed E-state index contributed by atoms with van der Waals surface area (Å²) in [6.07, 6.45) is 3.21. The van der Waals surface area contributed by atoms with Crippen LogP contribution in [0.5, 0.6) is 0 Å². The molecule has 25 heavy (non-hydrogen) atoms. The molecule has 0 spiro atoms. The summed E-state index contributed by atoms with van der Waals surface area (Å²) in [6.45, 7) is 6.28. The Bertz CT molecular complexity index is 770. The van der Waals surface area contributed by atoms with Crippen LogP contribution in [0.2, 0.25) is 5.15 Å². The minimum absolute atomic E-state index is 0.228. The zero-order valence-corrected chi connectivity index (χ0v) is 15.6. The van der Waals surface area contributed by atoms with Gasteiger partial charge in [0, 0.05) is 12.7 Å². The third kappa shape index (κ3) is 4.13. The number of aryl methyl sites for hydroxylation is 1. The average molecular weight is 359 g/mol. The van der Waals surface area contributed by atoms with Crippen LogP contribution >= 0.6 is 11.6 Å². The van der Waals surface area contributed by atoms with E-state index in [0.717, 1.165) is 24.0 Å². The number of fused-ring (bicyclic) bond motifs is 1. The van der Waals surface area contributed by atoms with E-state index in [-0.39, 0.29) is 12.1 Å². The van der Waals surface area contributed by atoms with Gasteiger partial charge in [0.2, 0.25) is 0 Å². The van der Waals surface area contributed by atoms with Crippen LogP contribution in [0.3, 0.4) is 0 Å². The second-order valence-corrected chi connectivity index (χ2v) is 7.68. The minimum atomic E-state index is -0.538. The van der Waals surface area contributed by atoms with Crippen molar-refractivity contribution < 1.29 is 9.53 Å².